The molecule has 2 heterocycles. The number of rotatable bonds is 6. The van der Waals surface area contributed by atoms with E-state index in [2.05, 4.69) is 23.7 Å². The van der Waals surface area contributed by atoms with E-state index < -0.39 is 5.97 Å². The van der Waals surface area contributed by atoms with Gasteiger partial charge in [0.2, 0.25) is 11.8 Å². The van der Waals surface area contributed by atoms with E-state index in [1.54, 1.807) is 0 Å². The molecule has 0 aromatic carbocycles. The van der Waals surface area contributed by atoms with E-state index in [0.717, 1.165) is 57.1 Å². The minimum absolute atomic E-state index is 0.0302. The number of ether oxygens (including phenoxy) is 1. The number of amides is 1. The average molecular weight is 537 g/mol. The SMILES string of the molecule is Cc1cccc(O[C@H]2CC[C@H](N(C(=O)C3CCC(C)CC3)c3cc(C#CC(C)(C)C)sc3C(=O)O)CC2)n1. The highest BCUT2D eigenvalue weighted by molar-refractivity contribution is 7.15. The molecule has 0 bridgehead atoms. The van der Waals surface area contributed by atoms with E-state index >= 15 is 0 Å². The fourth-order valence-corrected chi connectivity index (χ4v) is 6.24. The standard InChI is InChI=1S/C31H40N2O4S/c1-20-9-11-22(12-10-20)29(34)33(26-19-25(17-18-31(3,4)5)38-28(26)30(35)36)23-13-15-24(16-14-23)37-27-8-6-7-21(2)32-27/h6-8,19-20,22-24H,9-16H2,1-5H3,(H,35,36)/t20?,22?,23-,24-. The lowest BCUT2D eigenvalue weighted by Crippen LogP contribution is -2.47. The van der Waals surface area contributed by atoms with Gasteiger partial charge in [-0.1, -0.05) is 24.8 Å². The van der Waals surface area contributed by atoms with Crippen molar-refractivity contribution in [3.63, 3.8) is 0 Å². The predicted octanol–water partition coefficient (Wildman–Crippen LogP) is 7.10. The van der Waals surface area contributed by atoms with Gasteiger partial charge in [-0.2, -0.15) is 0 Å². The minimum Gasteiger partial charge on any atom is -0.477 e. The summed E-state index contributed by atoms with van der Waals surface area (Å²) in [5, 5.41) is 10.1. The van der Waals surface area contributed by atoms with Crippen LogP contribution in [0.5, 0.6) is 5.88 Å². The molecule has 6 nitrogen and oxygen atoms in total. The number of hydrogen-bond acceptors (Lipinski definition) is 5. The number of thiophene rings is 1. The molecule has 2 aromatic heterocycles. The number of carbonyl (C=O) groups is 2. The number of carboxylic acids is 1. The number of anilines is 1. The van der Waals surface area contributed by atoms with Crippen LogP contribution < -0.4 is 9.64 Å². The zero-order valence-electron chi connectivity index (χ0n) is 23.3. The number of nitrogens with zero attached hydrogens (tertiary/aromatic N) is 2. The van der Waals surface area contributed by atoms with Crippen LogP contribution in [0, 0.1) is 36.0 Å². The number of aromatic carboxylic acids is 1. The van der Waals surface area contributed by atoms with Gasteiger partial charge in [-0.15, -0.1) is 11.3 Å². The van der Waals surface area contributed by atoms with Gasteiger partial charge >= 0.3 is 5.97 Å². The Morgan fingerprint density at radius 3 is 2.37 bits per heavy atom. The maximum Gasteiger partial charge on any atom is 0.348 e. The molecule has 0 unspecified atom stereocenters. The zero-order chi connectivity index (χ0) is 27.4. The topological polar surface area (TPSA) is 79.7 Å². The lowest BCUT2D eigenvalue weighted by molar-refractivity contribution is -0.124. The van der Waals surface area contributed by atoms with E-state index in [4.69, 9.17) is 4.74 Å². The molecule has 2 saturated carbocycles. The molecule has 0 saturated heterocycles. The van der Waals surface area contributed by atoms with Crippen LogP contribution in [0.3, 0.4) is 0 Å². The summed E-state index contributed by atoms with van der Waals surface area (Å²) in [6, 6.07) is 7.53. The van der Waals surface area contributed by atoms with E-state index in [-0.39, 0.29) is 34.3 Å². The van der Waals surface area contributed by atoms with E-state index in [1.807, 2.05) is 56.9 Å². The molecular weight excluding hydrogens is 496 g/mol. The lowest BCUT2D eigenvalue weighted by atomic mass is 9.81. The van der Waals surface area contributed by atoms with Gasteiger partial charge in [0.1, 0.15) is 11.0 Å². The first-order chi connectivity index (χ1) is 18.0. The van der Waals surface area contributed by atoms with Crippen molar-refractivity contribution in [2.24, 2.45) is 17.3 Å². The lowest BCUT2D eigenvalue weighted by Gasteiger charge is -2.39. The Balaban J connectivity index is 1.60. The quantitative estimate of drug-likeness (QED) is 0.399. The van der Waals surface area contributed by atoms with Gasteiger partial charge in [-0.3, -0.25) is 4.79 Å². The van der Waals surface area contributed by atoms with Crippen LogP contribution in [0.15, 0.2) is 24.3 Å². The molecule has 2 aliphatic rings. The van der Waals surface area contributed by atoms with Crippen molar-refractivity contribution in [3.05, 3.63) is 39.7 Å². The second kappa shape index (κ2) is 11.9. The molecule has 0 spiro atoms. The molecule has 2 fully saturated rings. The van der Waals surface area contributed by atoms with E-state index in [9.17, 15) is 14.7 Å². The van der Waals surface area contributed by atoms with Gasteiger partial charge in [0.25, 0.3) is 0 Å². The Morgan fingerprint density at radius 1 is 1.08 bits per heavy atom. The molecule has 1 amide bonds. The Bertz CT molecular complexity index is 1200. The van der Waals surface area contributed by atoms with Crippen LogP contribution in [-0.2, 0) is 4.79 Å². The Labute approximate surface area is 230 Å². The third kappa shape index (κ3) is 7.17. The third-order valence-electron chi connectivity index (χ3n) is 7.49. The minimum atomic E-state index is -1.01. The zero-order valence-corrected chi connectivity index (χ0v) is 24.1. The fourth-order valence-electron chi connectivity index (χ4n) is 5.40. The number of pyridine rings is 1. The van der Waals surface area contributed by atoms with Gasteiger partial charge in [0, 0.05) is 29.1 Å². The maximum absolute atomic E-state index is 14.1. The first kappa shape index (κ1) is 28.2. The first-order valence-corrected chi connectivity index (χ1v) is 14.7. The third-order valence-corrected chi connectivity index (χ3v) is 8.52. The second-order valence-corrected chi connectivity index (χ2v) is 13.0. The molecule has 0 aliphatic heterocycles. The summed E-state index contributed by atoms with van der Waals surface area (Å²) < 4.78 is 6.16. The number of hydrogen-bond donors (Lipinski definition) is 1. The predicted molar refractivity (Wildman–Crippen MR) is 152 cm³/mol. The van der Waals surface area contributed by atoms with Crippen LogP contribution in [0.4, 0.5) is 5.69 Å². The monoisotopic (exact) mass is 536 g/mol. The maximum atomic E-state index is 14.1. The largest absolute Gasteiger partial charge is 0.477 e. The van der Waals surface area contributed by atoms with Crippen molar-refractivity contribution in [2.45, 2.75) is 98.1 Å². The van der Waals surface area contributed by atoms with Crippen LogP contribution in [-0.4, -0.2) is 34.1 Å². The molecule has 2 aromatic rings. The molecule has 4 rings (SSSR count). The molecule has 204 valence electrons. The smallest absolute Gasteiger partial charge is 0.348 e. The van der Waals surface area contributed by atoms with Gasteiger partial charge < -0.3 is 14.7 Å². The summed E-state index contributed by atoms with van der Waals surface area (Å²) >= 11 is 1.17. The summed E-state index contributed by atoms with van der Waals surface area (Å²) in [6.45, 7) is 10.3. The molecule has 1 N–H and O–H groups in total. The molecule has 38 heavy (non-hydrogen) atoms. The first-order valence-electron chi connectivity index (χ1n) is 13.8. The van der Waals surface area contributed by atoms with Crippen molar-refractivity contribution in [3.8, 4) is 17.7 Å². The Kier molecular flexibility index (Phi) is 8.82. The summed E-state index contributed by atoms with van der Waals surface area (Å²) in [5.74, 6) is 6.62. The summed E-state index contributed by atoms with van der Waals surface area (Å²) in [5.41, 5.74) is 1.22. The van der Waals surface area contributed by atoms with Crippen molar-refractivity contribution in [1.82, 2.24) is 4.98 Å². The van der Waals surface area contributed by atoms with Gasteiger partial charge in [-0.25, -0.2) is 9.78 Å². The normalized spacial score (nSPS) is 23.7. The highest BCUT2D eigenvalue weighted by Crippen LogP contribution is 2.39. The van der Waals surface area contributed by atoms with Crippen molar-refractivity contribution < 1.29 is 19.4 Å². The second-order valence-electron chi connectivity index (χ2n) is 12.0. The molecular formula is C31H40N2O4S. The van der Waals surface area contributed by atoms with Crippen LogP contribution >= 0.6 is 11.3 Å². The Hall–Kier alpha value is -2.85. The summed E-state index contributed by atoms with van der Waals surface area (Å²) in [4.78, 5) is 33.6. The molecule has 7 heteroatoms. The summed E-state index contributed by atoms with van der Waals surface area (Å²) in [6.07, 6.45) is 6.89. The van der Waals surface area contributed by atoms with Gasteiger partial charge in [-0.05, 0) is 97.1 Å². The number of carboxylic acid groups (broad SMARTS) is 1. The molecule has 2 aliphatic carbocycles. The van der Waals surface area contributed by atoms with Crippen molar-refractivity contribution >= 4 is 28.9 Å². The average Bonchev–Trinajstić information content (AvgIpc) is 3.28. The van der Waals surface area contributed by atoms with Gasteiger partial charge in [0.05, 0.1) is 10.6 Å². The van der Waals surface area contributed by atoms with Crippen molar-refractivity contribution in [1.29, 1.82) is 0 Å². The van der Waals surface area contributed by atoms with Crippen LogP contribution in [0.1, 0.15) is 99.3 Å². The molecule has 0 radical (unpaired) electrons. The van der Waals surface area contributed by atoms with Crippen LogP contribution in [0.25, 0.3) is 0 Å². The van der Waals surface area contributed by atoms with E-state index in [1.165, 1.54) is 11.3 Å². The fraction of sp³-hybridized carbons (Fsp3) is 0.581. The number of aryl methyl sites for hydroxylation is 1. The van der Waals surface area contributed by atoms with Crippen LogP contribution in [0.2, 0.25) is 0 Å². The summed E-state index contributed by atoms with van der Waals surface area (Å²) in [7, 11) is 0. The highest BCUT2D eigenvalue weighted by Gasteiger charge is 2.37. The highest BCUT2D eigenvalue weighted by atomic mass is 32.1. The number of aromatic nitrogens is 1. The van der Waals surface area contributed by atoms with Crippen molar-refractivity contribution in [2.75, 3.05) is 4.90 Å². The van der Waals surface area contributed by atoms with Gasteiger partial charge in [0.15, 0.2) is 0 Å². The molecule has 0 atom stereocenters. The Morgan fingerprint density at radius 2 is 1.76 bits per heavy atom. The van der Waals surface area contributed by atoms with E-state index in [0.29, 0.717) is 22.4 Å². The number of carbonyl (C=O) groups excluding carboxylic acids is 1.